The molecule has 0 aromatic heterocycles. The summed E-state index contributed by atoms with van der Waals surface area (Å²) >= 11 is 6.02. The van der Waals surface area contributed by atoms with Crippen LogP contribution in [0, 0.1) is 0 Å². The molecule has 1 rings (SSSR count). The Bertz CT molecular complexity index is 409. The number of nitrogens with one attached hydrogen (secondary N) is 1. The summed E-state index contributed by atoms with van der Waals surface area (Å²) in [4.78, 5) is 13.5. The lowest BCUT2D eigenvalue weighted by Gasteiger charge is -2.26. The van der Waals surface area contributed by atoms with Gasteiger partial charge in [0.2, 0.25) is 5.91 Å². The van der Waals surface area contributed by atoms with E-state index in [0.29, 0.717) is 18.1 Å². The predicted molar refractivity (Wildman–Crippen MR) is 75.9 cm³/mol. The highest BCUT2D eigenvalue weighted by atomic mass is 35.5. The van der Waals surface area contributed by atoms with Crippen molar-refractivity contribution in [3.05, 3.63) is 28.8 Å². The molecule has 100 valence electrons. The van der Waals surface area contributed by atoms with Crippen LogP contribution in [-0.2, 0) is 11.3 Å². The Labute approximate surface area is 113 Å². The molecular formula is C13H20ClN3O. The van der Waals surface area contributed by atoms with Crippen molar-refractivity contribution in [1.29, 1.82) is 0 Å². The van der Waals surface area contributed by atoms with Gasteiger partial charge in [0.15, 0.2) is 0 Å². The first-order chi connectivity index (χ1) is 8.62. The topological polar surface area (TPSA) is 58.4 Å². The number of hydrogen-bond donors (Lipinski definition) is 2. The average molecular weight is 270 g/mol. The summed E-state index contributed by atoms with van der Waals surface area (Å²) in [5.41, 5.74) is 7.66. The summed E-state index contributed by atoms with van der Waals surface area (Å²) in [7, 11) is 1.63. The molecule has 0 saturated carbocycles. The monoisotopic (exact) mass is 269 g/mol. The van der Waals surface area contributed by atoms with Gasteiger partial charge in [-0.2, -0.15) is 0 Å². The van der Waals surface area contributed by atoms with Crippen LogP contribution in [0.15, 0.2) is 18.2 Å². The number of carbonyl (C=O) groups is 1. The van der Waals surface area contributed by atoms with Crippen LogP contribution in [0.25, 0.3) is 0 Å². The van der Waals surface area contributed by atoms with Crippen LogP contribution in [0.3, 0.4) is 0 Å². The van der Waals surface area contributed by atoms with E-state index >= 15 is 0 Å². The van der Waals surface area contributed by atoms with Crippen molar-refractivity contribution in [3.63, 3.8) is 0 Å². The summed E-state index contributed by atoms with van der Waals surface area (Å²) in [5.74, 6) is -0.0219. The highest BCUT2D eigenvalue weighted by Crippen LogP contribution is 2.24. The van der Waals surface area contributed by atoms with Gasteiger partial charge in [0.05, 0.1) is 6.54 Å². The Hall–Kier alpha value is -1.26. The van der Waals surface area contributed by atoms with E-state index in [1.807, 2.05) is 23.1 Å². The van der Waals surface area contributed by atoms with Crippen LogP contribution < -0.4 is 16.0 Å². The molecular weight excluding hydrogens is 250 g/mol. The van der Waals surface area contributed by atoms with Crippen LogP contribution in [-0.4, -0.2) is 26.0 Å². The number of rotatable bonds is 6. The standard InChI is InChI=1S/C13H20ClN3O/c1-3-6-17(9-13(18)16-2)12-7-11(14)5-4-10(12)8-15/h4-5,7H,3,6,8-9,15H2,1-2H3,(H,16,18). The number of benzene rings is 1. The van der Waals surface area contributed by atoms with Gasteiger partial charge in [0.25, 0.3) is 0 Å². The fourth-order valence-corrected chi connectivity index (χ4v) is 1.98. The second kappa shape index (κ2) is 7.24. The number of likely N-dealkylation sites (N-methyl/N-ethyl adjacent to an activating group) is 1. The molecule has 1 aromatic rings. The number of hydrogen-bond acceptors (Lipinski definition) is 3. The molecule has 0 aliphatic carbocycles. The Kier molecular flexibility index (Phi) is 5.95. The molecule has 1 aromatic carbocycles. The van der Waals surface area contributed by atoms with Crippen molar-refractivity contribution < 1.29 is 4.79 Å². The molecule has 18 heavy (non-hydrogen) atoms. The van der Waals surface area contributed by atoms with Gasteiger partial charge in [0.1, 0.15) is 0 Å². The Morgan fingerprint density at radius 2 is 2.22 bits per heavy atom. The fraction of sp³-hybridized carbons (Fsp3) is 0.462. The van der Waals surface area contributed by atoms with Gasteiger partial charge in [-0.25, -0.2) is 0 Å². The first kappa shape index (κ1) is 14.8. The zero-order chi connectivity index (χ0) is 13.5. The van der Waals surface area contributed by atoms with Gasteiger partial charge in [-0.15, -0.1) is 0 Å². The van der Waals surface area contributed by atoms with Crippen molar-refractivity contribution in [2.75, 3.05) is 25.0 Å². The molecule has 0 aliphatic heterocycles. The number of anilines is 1. The van der Waals surface area contributed by atoms with E-state index in [4.69, 9.17) is 17.3 Å². The maximum atomic E-state index is 11.5. The minimum absolute atomic E-state index is 0.0219. The third kappa shape index (κ3) is 3.89. The van der Waals surface area contributed by atoms with Gasteiger partial charge in [-0.3, -0.25) is 4.79 Å². The van der Waals surface area contributed by atoms with Crippen molar-refractivity contribution in [2.45, 2.75) is 19.9 Å². The molecule has 0 unspecified atom stereocenters. The molecule has 3 N–H and O–H groups in total. The lowest BCUT2D eigenvalue weighted by atomic mass is 10.1. The molecule has 4 nitrogen and oxygen atoms in total. The van der Waals surface area contributed by atoms with E-state index in [1.165, 1.54) is 0 Å². The summed E-state index contributed by atoms with van der Waals surface area (Å²) < 4.78 is 0. The second-order valence-corrected chi connectivity index (χ2v) is 4.51. The summed E-state index contributed by atoms with van der Waals surface area (Å²) in [5, 5.41) is 3.28. The lowest BCUT2D eigenvalue weighted by molar-refractivity contribution is -0.119. The zero-order valence-corrected chi connectivity index (χ0v) is 11.6. The fourth-order valence-electron chi connectivity index (χ4n) is 1.81. The molecule has 0 radical (unpaired) electrons. The summed E-state index contributed by atoms with van der Waals surface area (Å²) in [6, 6.07) is 5.59. The van der Waals surface area contributed by atoms with Crippen LogP contribution >= 0.6 is 11.6 Å². The van der Waals surface area contributed by atoms with Crippen molar-refractivity contribution in [2.24, 2.45) is 5.73 Å². The maximum absolute atomic E-state index is 11.5. The minimum Gasteiger partial charge on any atom is -0.362 e. The highest BCUT2D eigenvalue weighted by Gasteiger charge is 2.13. The van der Waals surface area contributed by atoms with Crippen LogP contribution in [0.5, 0.6) is 0 Å². The number of amides is 1. The molecule has 0 bridgehead atoms. The van der Waals surface area contributed by atoms with Gasteiger partial charge in [-0.05, 0) is 24.1 Å². The zero-order valence-electron chi connectivity index (χ0n) is 10.9. The maximum Gasteiger partial charge on any atom is 0.239 e. The van der Waals surface area contributed by atoms with E-state index in [2.05, 4.69) is 12.2 Å². The number of halogens is 1. The first-order valence-electron chi connectivity index (χ1n) is 6.06. The van der Waals surface area contributed by atoms with E-state index in [0.717, 1.165) is 24.2 Å². The Morgan fingerprint density at radius 3 is 2.78 bits per heavy atom. The highest BCUT2D eigenvalue weighted by molar-refractivity contribution is 6.30. The molecule has 5 heteroatoms. The third-order valence-electron chi connectivity index (χ3n) is 2.71. The van der Waals surface area contributed by atoms with E-state index in [1.54, 1.807) is 7.05 Å². The van der Waals surface area contributed by atoms with Crippen molar-refractivity contribution in [3.8, 4) is 0 Å². The predicted octanol–water partition coefficient (Wildman–Crippen LogP) is 1.76. The van der Waals surface area contributed by atoms with Gasteiger partial charge in [0, 0.05) is 30.8 Å². The number of carbonyl (C=O) groups excluding carboxylic acids is 1. The second-order valence-electron chi connectivity index (χ2n) is 4.07. The van der Waals surface area contributed by atoms with Crippen LogP contribution in [0.1, 0.15) is 18.9 Å². The minimum atomic E-state index is -0.0219. The van der Waals surface area contributed by atoms with Crippen LogP contribution in [0.4, 0.5) is 5.69 Å². The SMILES string of the molecule is CCCN(CC(=O)NC)c1cc(Cl)ccc1CN. The molecule has 0 aliphatic rings. The molecule has 0 saturated heterocycles. The quantitative estimate of drug-likeness (QED) is 0.827. The summed E-state index contributed by atoms with van der Waals surface area (Å²) in [6.45, 7) is 3.61. The van der Waals surface area contributed by atoms with Crippen molar-refractivity contribution in [1.82, 2.24) is 5.32 Å². The summed E-state index contributed by atoms with van der Waals surface area (Å²) in [6.07, 6.45) is 0.952. The number of nitrogens with zero attached hydrogens (tertiary/aromatic N) is 1. The van der Waals surface area contributed by atoms with Gasteiger partial charge >= 0.3 is 0 Å². The first-order valence-corrected chi connectivity index (χ1v) is 6.44. The normalized spacial score (nSPS) is 10.2. The smallest absolute Gasteiger partial charge is 0.239 e. The molecule has 0 atom stereocenters. The molecule has 0 heterocycles. The average Bonchev–Trinajstić information content (AvgIpc) is 2.38. The van der Waals surface area contributed by atoms with Crippen molar-refractivity contribution >= 4 is 23.2 Å². The number of nitrogens with two attached hydrogens (primary N) is 1. The third-order valence-corrected chi connectivity index (χ3v) is 2.95. The Morgan fingerprint density at radius 1 is 1.50 bits per heavy atom. The van der Waals surface area contributed by atoms with E-state index in [9.17, 15) is 4.79 Å². The lowest BCUT2D eigenvalue weighted by Crippen LogP contribution is -2.36. The van der Waals surface area contributed by atoms with E-state index in [-0.39, 0.29) is 5.91 Å². The van der Waals surface area contributed by atoms with Crippen LogP contribution in [0.2, 0.25) is 5.02 Å². The molecule has 1 amide bonds. The molecule has 0 fully saturated rings. The largest absolute Gasteiger partial charge is 0.362 e. The van der Waals surface area contributed by atoms with E-state index < -0.39 is 0 Å². The van der Waals surface area contributed by atoms with Gasteiger partial charge in [-0.1, -0.05) is 24.6 Å². The molecule has 0 spiro atoms. The van der Waals surface area contributed by atoms with Gasteiger partial charge < -0.3 is 16.0 Å². The Balaban J connectivity index is 3.03.